The summed E-state index contributed by atoms with van der Waals surface area (Å²) in [5.41, 5.74) is 0.956. The summed E-state index contributed by atoms with van der Waals surface area (Å²) in [6, 6.07) is 5.99. The van der Waals surface area contributed by atoms with Crippen molar-refractivity contribution in [3.8, 4) is 0 Å². The van der Waals surface area contributed by atoms with Gasteiger partial charge in [0.25, 0.3) is 10.1 Å². The molecule has 0 aliphatic rings. The van der Waals surface area contributed by atoms with Crippen LogP contribution in [0, 0.1) is 6.92 Å². The average Bonchev–Trinajstić information content (AvgIpc) is 1.86. The van der Waals surface area contributed by atoms with E-state index >= 15 is 0 Å². The third-order valence-corrected chi connectivity index (χ3v) is 2.19. The van der Waals surface area contributed by atoms with Crippen LogP contribution in [0.25, 0.3) is 0 Å². The monoisotopic (exact) mass is 235 g/mol. The first kappa shape index (κ1) is 11.6. The second kappa shape index (κ2) is 4.05. The Morgan fingerprint density at radius 1 is 1.17 bits per heavy atom. The third kappa shape index (κ3) is 2.95. The Kier molecular flexibility index (Phi) is 3.93. The van der Waals surface area contributed by atoms with Crippen LogP contribution in [0.3, 0.4) is 0 Å². The molecule has 0 aromatic heterocycles. The van der Waals surface area contributed by atoms with Crippen LogP contribution in [0.4, 0.5) is 0 Å². The van der Waals surface area contributed by atoms with E-state index in [2.05, 4.69) is 0 Å². The van der Waals surface area contributed by atoms with Crippen molar-refractivity contribution in [2.24, 2.45) is 0 Å². The van der Waals surface area contributed by atoms with Crippen LogP contribution in [0.1, 0.15) is 5.56 Å². The van der Waals surface area contributed by atoms with Gasteiger partial charge in [0.1, 0.15) is 0 Å². The Balaban J connectivity index is 0.00000121. The third-order valence-electron chi connectivity index (χ3n) is 1.32. The first-order valence-corrected chi connectivity index (χ1v) is 4.48. The smallest absolute Gasteiger partial charge is 0.282 e. The molecule has 0 amide bonds. The number of hydrogen-bond acceptors (Lipinski definition) is 2. The molecule has 0 heterocycles. The molecule has 1 aromatic rings. The Bertz CT molecular complexity index is 341. The van der Waals surface area contributed by atoms with Crippen molar-refractivity contribution in [3.05, 3.63) is 29.8 Å². The maximum Gasteiger partial charge on any atom is 0.294 e. The Morgan fingerprint density at radius 3 is 1.92 bits per heavy atom. The van der Waals surface area contributed by atoms with Crippen molar-refractivity contribution in [2.75, 3.05) is 0 Å². The fourth-order valence-electron chi connectivity index (χ4n) is 0.710. The molecule has 0 unspecified atom stereocenters. The van der Waals surface area contributed by atoms with E-state index in [-0.39, 0.29) is 22.0 Å². The Hall–Kier alpha value is -0.351. The summed E-state index contributed by atoms with van der Waals surface area (Å²) in [6.07, 6.45) is 0. The van der Waals surface area contributed by atoms with Gasteiger partial charge in [0, 0.05) is 17.1 Å². The molecular weight excluding hydrogens is 228 g/mol. The molecule has 0 atom stereocenters. The number of benzene rings is 1. The van der Waals surface area contributed by atoms with E-state index in [0.29, 0.717) is 0 Å². The molecule has 1 aromatic carbocycles. The van der Waals surface area contributed by atoms with Gasteiger partial charge in [-0.2, -0.15) is 8.42 Å². The van der Waals surface area contributed by atoms with Crippen LogP contribution in [0.15, 0.2) is 29.2 Å². The maximum absolute atomic E-state index is 10.5. The molecule has 0 bridgehead atoms. The van der Waals surface area contributed by atoms with E-state index < -0.39 is 10.1 Å². The summed E-state index contributed by atoms with van der Waals surface area (Å²) in [5.74, 6) is 0. The van der Waals surface area contributed by atoms with Gasteiger partial charge in [0.05, 0.1) is 4.90 Å². The Labute approximate surface area is 82.0 Å². The molecule has 71 valence electrons. The zero-order valence-electron chi connectivity index (χ0n) is 6.28. The van der Waals surface area contributed by atoms with Gasteiger partial charge in [-0.05, 0) is 19.1 Å². The van der Waals surface area contributed by atoms with E-state index in [9.17, 15) is 8.42 Å². The molecule has 0 spiro atoms. The fourth-order valence-corrected chi connectivity index (χ4v) is 1.19. The zero-order valence-corrected chi connectivity index (χ0v) is 8.04. The minimum atomic E-state index is -4.02. The van der Waals surface area contributed by atoms with Gasteiger partial charge in [-0.25, -0.2) is 0 Å². The molecule has 1 N–H and O–H groups in total. The molecule has 3 nitrogen and oxygen atoms in total. The predicted octanol–water partition coefficient (Wildman–Crippen LogP) is 1.24. The summed E-state index contributed by atoms with van der Waals surface area (Å²) in [4.78, 5) is -0.0666. The SMILES string of the molecule is Cc1ccc(S(=O)(=O)O)cc1.[Cu]. The largest absolute Gasteiger partial charge is 0.294 e. The van der Waals surface area contributed by atoms with E-state index in [0.717, 1.165) is 5.56 Å². The molecule has 0 saturated heterocycles. The van der Waals surface area contributed by atoms with Crippen LogP contribution in [-0.2, 0) is 27.2 Å². The minimum absolute atomic E-state index is 0. The summed E-state index contributed by atoms with van der Waals surface area (Å²) in [6.45, 7) is 1.84. The molecule has 1 rings (SSSR count). The average molecular weight is 236 g/mol. The van der Waals surface area contributed by atoms with Gasteiger partial charge >= 0.3 is 0 Å². The van der Waals surface area contributed by atoms with Gasteiger partial charge in [-0.1, -0.05) is 17.7 Å². The number of hydrogen-bond donors (Lipinski definition) is 1. The van der Waals surface area contributed by atoms with Gasteiger partial charge in [0.2, 0.25) is 0 Å². The van der Waals surface area contributed by atoms with Crippen LogP contribution < -0.4 is 0 Å². The molecule has 0 aliphatic heterocycles. The molecule has 5 heteroatoms. The summed E-state index contributed by atoms with van der Waals surface area (Å²) in [7, 11) is -4.02. The van der Waals surface area contributed by atoms with Crippen molar-refractivity contribution in [1.82, 2.24) is 0 Å². The van der Waals surface area contributed by atoms with E-state index in [1.54, 1.807) is 12.1 Å². The molecular formula is C7H8CuO3S. The summed E-state index contributed by atoms with van der Waals surface area (Å²) in [5, 5.41) is 0. The van der Waals surface area contributed by atoms with Crippen molar-refractivity contribution < 1.29 is 30.0 Å². The molecule has 12 heavy (non-hydrogen) atoms. The quantitative estimate of drug-likeness (QED) is 0.589. The van der Waals surface area contributed by atoms with Crippen molar-refractivity contribution >= 4 is 10.1 Å². The van der Waals surface area contributed by atoms with Crippen molar-refractivity contribution in [1.29, 1.82) is 0 Å². The first-order valence-electron chi connectivity index (χ1n) is 3.04. The van der Waals surface area contributed by atoms with E-state index in [4.69, 9.17) is 4.55 Å². The van der Waals surface area contributed by atoms with Crippen LogP contribution >= 0.6 is 0 Å². The molecule has 0 aliphatic carbocycles. The number of aryl methyl sites for hydroxylation is 1. The second-order valence-corrected chi connectivity index (χ2v) is 3.71. The van der Waals surface area contributed by atoms with Crippen LogP contribution in [0.5, 0.6) is 0 Å². The van der Waals surface area contributed by atoms with Gasteiger partial charge in [-0.3, -0.25) is 4.55 Å². The second-order valence-electron chi connectivity index (χ2n) is 2.29. The summed E-state index contributed by atoms with van der Waals surface area (Å²) < 4.78 is 29.6. The molecule has 0 saturated carbocycles. The van der Waals surface area contributed by atoms with Crippen LogP contribution in [-0.4, -0.2) is 13.0 Å². The Morgan fingerprint density at radius 2 is 1.58 bits per heavy atom. The predicted molar refractivity (Wildman–Crippen MR) is 41.0 cm³/mol. The first-order chi connectivity index (χ1) is 5.00. The van der Waals surface area contributed by atoms with Gasteiger partial charge in [0.15, 0.2) is 0 Å². The summed E-state index contributed by atoms with van der Waals surface area (Å²) >= 11 is 0. The van der Waals surface area contributed by atoms with Gasteiger partial charge in [-0.15, -0.1) is 0 Å². The molecule has 0 fully saturated rings. The topological polar surface area (TPSA) is 54.4 Å². The van der Waals surface area contributed by atoms with E-state index in [1.165, 1.54) is 12.1 Å². The van der Waals surface area contributed by atoms with Gasteiger partial charge < -0.3 is 0 Å². The molecule has 1 radical (unpaired) electrons. The van der Waals surface area contributed by atoms with Crippen molar-refractivity contribution in [3.63, 3.8) is 0 Å². The standard InChI is InChI=1S/C7H8O3S.Cu/c1-6-2-4-7(5-3-6)11(8,9)10;/h2-5H,1H3,(H,8,9,10);. The normalized spacial score (nSPS) is 10.5. The van der Waals surface area contributed by atoms with Crippen molar-refractivity contribution in [2.45, 2.75) is 11.8 Å². The number of rotatable bonds is 1. The maximum atomic E-state index is 10.5. The minimum Gasteiger partial charge on any atom is -0.282 e. The zero-order chi connectivity index (χ0) is 8.48. The van der Waals surface area contributed by atoms with Crippen LogP contribution in [0.2, 0.25) is 0 Å². The van der Waals surface area contributed by atoms with E-state index in [1.807, 2.05) is 6.92 Å². The fraction of sp³-hybridized carbons (Fsp3) is 0.143.